The minimum atomic E-state index is -1.000. The Hall–Kier alpha value is -2.44. The van der Waals surface area contributed by atoms with Crippen LogP contribution in [0.1, 0.15) is 88.5 Å². The number of rotatable bonds is 9. The van der Waals surface area contributed by atoms with E-state index < -0.39 is 6.10 Å². The highest BCUT2D eigenvalue weighted by Crippen LogP contribution is 2.40. The van der Waals surface area contributed by atoms with Crippen molar-refractivity contribution in [2.75, 3.05) is 25.0 Å². The molecular weight excluding hydrogens is 426 g/mol. The minimum Gasteiger partial charge on any atom is -0.394 e. The van der Waals surface area contributed by atoms with Gasteiger partial charge in [-0.3, -0.25) is 4.98 Å². The number of amides is 2. The van der Waals surface area contributed by atoms with Gasteiger partial charge in [0.25, 0.3) is 0 Å². The predicted octanol–water partition coefficient (Wildman–Crippen LogP) is 5.42. The Morgan fingerprint density at radius 1 is 1.03 bits per heavy atom. The van der Waals surface area contributed by atoms with Crippen LogP contribution in [0.3, 0.4) is 0 Å². The highest BCUT2D eigenvalue weighted by molar-refractivity contribution is 5.91. The molecule has 3 rings (SSSR count). The molecule has 1 heterocycles. The predicted molar refractivity (Wildman–Crippen MR) is 137 cm³/mol. The molecule has 1 atom stereocenters. The number of aliphatic hydroxyl groups is 2. The molecule has 0 bridgehead atoms. The fraction of sp³-hybridized carbons (Fsp3) is 0.571. The van der Waals surface area contributed by atoms with Crippen LogP contribution in [0.25, 0.3) is 0 Å². The summed E-state index contributed by atoms with van der Waals surface area (Å²) in [6.45, 7) is 8.63. The number of anilines is 1. The van der Waals surface area contributed by atoms with Gasteiger partial charge in [0.1, 0.15) is 0 Å². The number of pyridine rings is 1. The number of carbonyl (C=O) groups excluding carboxylic acids is 1. The topological polar surface area (TPSA) is 85.7 Å². The van der Waals surface area contributed by atoms with Crippen LogP contribution in [0.5, 0.6) is 0 Å². The molecule has 2 aromatic rings. The number of benzene rings is 1. The maximum atomic E-state index is 13.8. The second-order valence-electron chi connectivity index (χ2n) is 10.3. The van der Waals surface area contributed by atoms with Crippen molar-refractivity contribution >= 4 is 11.7 Å². The molecule has 1 unspecified atom stereocenters. The van der Waals surface area contributed by atoms with E-state index in [0.29, 0.717) is 6.54 Å². The van der Waals surface area contributed by atoms with Crippen molar-refractivity contribution in [1.29, 1.82) is 0 Å². The van der Waals surface area contributed by atoms with Crippen molar-refractivity contribution in [3.63, 3.8) is 0 Å². The number of urea groups is 1. The first-order valence-electron chi connectivity index (χ1n) is 12.7. The van der Waals surface area contributed by atoms with Gasteiger partial charge in [-0.05, 0) is 47.9 Å². The van der Waals surface area contributed by atoms with Crippen LogP contribution >= 0.6 is 0 Å². The van der Waals surface area contributed by atoms with E-state index in [2.05, 4.69) is 56.2 Å². The second-order valence-corrected chi connectivity index (χ2v) is 10.3. The Morgan fingerprint density at radius 3 is 2.21 bits per heavy atom. The molecule has 3 N–H and O–H groups in total. The van der Waals surface area contributed by atoms with E-state index in [1.54, 1.807) is 4.90 Å². The summed E-state index contributed by atoms with van der Waals surface area (Å²) in [6, 6.07) is 11.9. The van der Waals surface area contributed by atoms with Crippen LogP contribution < -0.4 is 5.32 Å². The molecule has 0 radical (unpaired) electrons. The molecule has 0 spiro atoms. The van der Waals surface area contributed by atoms with Crippen LogP contribution in [0, 0.1) is 0 Å². The molecule has 0 aliphatic heterocycles. The lowest BCUT2D eigenvalue weighted by Crippen LogP contribution is -2.50. The number of carbonyl (C=O) groups is 1. The Labute approximate surface area is 204 Å². The van der Waals surface area contributed by atoms with Gasteiger partial charge in [0.15, 0.2) is 0 Å². The maximum Gasteiger partial charge on any atom is 0.321 e. The summed E-state index contributed by atoms with van der Waals surface area (Å²) in [7, 11) is 0. The van der Waals surface area contributed by atoms with Crippen molar-refractivity contribution in [3.8, 4) is 0 Å². The molecule has 1 aromatic carbocycles. The first kappa shape index (κ1) is 26.2. The molecule has 2 amide bonds. The third-order valence-electron chi connectivity index (χ3n) is 7.05. The summed E-state index contributed by atoms with van der Waals surface area (Å²) in [5, 5.41) is 23.1. The fourth-order valence-electron chi connectivity index (χ4n) is 5.18. The highest BCUT2D eigenvalue weighted by atomic mass is 16.3. The number of hydrogen-bond acceptors (Lipinski definition) is 4. The van der Waals surface area contributed by atoms with E-state index in [9.17, 15) is 15.0 Å². The van der Waals surface area contributed by atoms with Gasteiger partial charge in [0, 0.05) is 29.5 Å². The Kier molecular flexibility index (Phi) is 9.09. The second kappa shape index (κ2) is 11.8. The van der Waals surface area contributed by atoms with Gasteiger partial charge in [-0.2, -0.15) is 0 Å². The number of hydrogen-bond donors (Lipinski definition) is 3. The molecule has 6 nitrogen and oxygen atoms in total. The third-order valence-corrected chi connectivity index (χ3v) is 7.05. The van der Waals surface area contributed by atoms with Crippen molar-refractivity contribution in [3.05, 3.63) is 59.4 Å². The van der Waals surface area contributed by atoms with Crippen LogP contribution in [-0.2, 0) is 5.41 Å². The lowest BCUT2D eigenvalue weighted by atomic mass is 9.71. The molecule has 1 fully saturated rings. The van der Waals surface area contributed by atoms with Crippen LogP contribution in [-0.4, -0.2) is 51.9 Å². The zero-order chi connectivity index (χ0) is 24.7. The van der Waals surface area contributed by atoms with Gasteiger partial charge < -0.3 is 20.4 Å². The van der Waals surface area contributed by atoms with E-state index in [1.165, 1.54) is 6.42 Å². The lowest BCUT2D eigenvalue weighted by molar-refractivity contribution is 0.0604. The molecule has 1 aromatic heterocycles. The van der Waals surface area contributed by atoms with Gasteiger partial charge in [0.2, 0.25) is 0 Å². The Bertz CT molecular complexity index is 897. The summed E-state index contributed by atoms with van der Waals surface area (Å²) >= 11 is 0. The van der Waals surface area contributed by atoms with Gasteiger partial charge in [-0.25, -0.2) is 4.79 Å². The first-order valence-corrected chi connectivity index (χ1v) is 12.7. The Morgan fingerprint density at radius 2 is 1.68 bits per heavy atom. The molecule has 1 aliphatic carbocycles. The number of nitrogens with zero attached hydrogens (tertiary/aromatic N) is 2. The standard InChI is InChI=1S/C28H41N3O3/c1-20(2)23-11-10-12-24(21(3)4)26(23)30-27(34)31(17-22(33)18-32)19-28(14-7-5-8-15-28)25-13-6-9-16-29-25/h6,9-13,16,20-22,32-33H,5,7-8,14-15,17-19H2,1-4H3,(H,30,34). The number of para-hydroxylation sites is 1. The third kappa shape index (κ3) is 6.16. The monoisotopic (exact) mass is 467 g/mol. The van der Waals surface area contributed by atoms with Crippen LogP contribution in [0.2, 0.25) is 0 Å². The average molecular weight is 468 g/mol. The molecule has 1 saturated carbocycles. The number of aliphatic hydroxyl groups excluding tert-OH is 2. The van der Waals surface area contributed by atoms with E-state index in [-0.39, 0.29) is 36.4 Å². The quantitative estimate of drug-likeness (QED) is 0.460. The van der Waals surface area contributed by atoms with Gasteiger partial charge in [-0.1, -0.05) is 71.2 Å². The highest BCUT2D eigenvalue weighted by Gasteiger charge is 2.38. The summed E-state index contributed by atoms with van der Waals surface area (Å²) in [5.74, 6) is 0.507. The Balaban J connectivity index is 1.96. The molecular formula is C28H41N3O3. The molecule has 34 heavy (non-hydrogen) atoms. The van der Waals surface area contributed by atoms with E-state index >= 15 is 0 Å². The van der Waals surface area contributed by atoms with E-state index in [0.717, 1.165) is 48.2 Å². The average Bonchev–Trinajstić information content (AvgIpc) is 2.84. The SMILES string of the molecule is CC(C)c1cccc(C(C)C)c1NC(=O)N(CC(O)CO)CC1(c2ccccn2)CCCCC1. The smallest absolute Gasteiger partial charge is 0.321 e. The number of nitrogens with one attached hydrogen (secondary N) is 1. The number of aromatic nitrogens is 1. The molecule has 0 saturated heterocycles. The van der Waals surface area contributed by atoms with Crippen molar-refractivity contribution in [2.45, 2.75) is 83.2 Å². The van der Waals surface area contributed by atoms with Crippen molar-refractivity contribution < 1.29 is 15.0 Å². The van der Waals surface area contributed by atoms with Gasteiger partial charge >= 0.3 is 6.03 Å². The molecule has 186 valence electrons. The van der Waals surface area contributed by atoms with E-state index in [1.807, 2.05) is 24.4 Å². The molecule has 6 heteroatoms. The van der Waals surface area contributed by atoms with Crippen LogP contribution in [0.4, 0.5) is 10.5 Å². The lowest BCUT2D eigenvalue weighted by Gasteiger charge is -2.41. The summed E-state index contributed by atoms with van der Waals surface area (Å²) in [5.41, 5.74) is 3.79. The van der Waals surface area contributed by atoms with Crippen molar-refractivity contribution in [2.24, 2.45) is 0 Å². The zero-order valence-corrected chi connectivity index (χ0v) is 21.1. The van der Waals surface area contributed by atoms with Crippen molar-refractivity contribution in [1.82, 2.24) is 9.88 Å². The van der Waals surface area contributed by atoms with Crippen LogP contribution in [0.15, 0.2) is 42.6 Å². The van der Waals surface area contributed by atoms with Gasteiger partial charge in [-0.15, -0.1) is 0 Å². The maximum absolute atomic E-state index is 13.8. The summed E-state index contributed by atoms with van der Waals surface area (Å²) in [6.07, 6.45) is 6.06. The van der Waals surface area contributed by atoms with E-state index in [4.69, 9.17) is 0 Å². The summed E-state index contributed by atoms with van der Waals surface area (Å²) < 4.78 is 0. The first-order chi connectivity index (χ1) is 16.3. The normalized spacial score (nSPS) is 16.5. The van der Waals surface area contributed by atoms with Gasteiger partial charge in [0.05, 0.1) is 19.3 Å². The molecule has 1 aliphatic rings. The minimum absolute atomic E-state index is 0.0672. The fourth-order valence-corrected chi connectivity index (χ4v) is 5.18. The largest absolute Gasteiger partial charge is 0.394 e. The zero-order valence-electron chi connectivity index (χ0n) is 21.1. The summed E-state index contributed by atoms with van der Waals surface area (Å²) in [4.78, 5) is 20.1.